The van der Waals surface area contributed by atoms with Crippen LogP contribution in [-0.2, 0) is 14.8 Å². The Hall–Kier alpha value is -1.18. The van der Waals surface area contributed by atoms with Gasteiger partial charge >= 0.3 is 0 Å². The van der Waals surface area contributed by atoms with Crippen LogP contribution in [0.2, 0.25) is 10.0 Å². The Morgan fingerprint density at radius 3 is 2.59 bits per heavy atom. The van der Waals surface area contributed by atoms with Crippen molar-refractivity contribution in [3.8, 4) is 5.75 Å². The van der Waals surface area contributed by atoms with Gasteiger partial charge in [-0.3, -0.25) is 0 Å². The first-order chi connectivity index (χ1) is 7.77. The summed E-state index contributed by atoms with van der Waals surface area (Å²) in [5, 5.41) is 9.36. The molecular weight excluding hydrogens is 291 g/mol. The number of nitrogens with two attached hydrogens (primary N) is 1. The fraction of sp³-hybridized carbons (Fsp3) is 0.125. The van der Waals surface area contributed by atoms with Gasteiger partial charge < -0.3 is 15.6 Å². The Bertz CT molecular complexity index is 571. The molecule has 1 aromatic carbocycles. The van der Waals surface area contributed by atoms with Gasteiger partial charge in [0.2, 0.25) is 0 Å². The molecule has 17 heavy (non-hydrogen) atoms. The van der Waals surface area contributed by atoms with Crippen molar-refractivity contribution in [1.29, 1.82) is 0 Å². The van der Waals surface area contributed by atoms with E-state index in [0.29, 0.717) is 0 Å². The first-order valence-electron chi connectivity index (χ1n) is 4.10. The van der Waals surface area contributed by atoms with Crippen LogP contribution >= 0.6 is 23.2 Å². The monoisotopic (exact) mass is 298 g/mol. The standard InChI is InChI=1S/C8H8Cl2N2O4S/c1-16-8(11)12-17(14,15)6-3-4(9)2-5(10)7(6)13/h2-3,13H,1H3,(H2,11,12). The number of methoxy groups -OCH3 is 1. The van der Waals surface area contributed by atoms with Crippen molar-refractivity contribution in [1.82, 2.24) is 0 Å². The van der Waals surface area contributed by atoms with E-state index in [9.17, 15) is 13.5 Å². The molecule has 94 valence electrons. The fourth-order valence-corrected chi connectivity index (χ4v) is 2.60. The van der Waals surface area contributed by atoms with E-state index in [1.54, 1.807) is 0 Å². The Labute approximate surface area is 108 Å². The molecular formula is C8H8Cl2N2O4S. The number of rotatable bonds is 2. The van der Waals surface area contributed by atoms with Crippen molar-refractivity contribution < 1.29 is 18.3 Å². The van der Waals surface area contributed by atoms with Crippen LogP contribution in [-0.4, -0.2) is 26.7 Å². The van der Waals surface area contributed by atoms with E-state index in [1.165, 1.54) is 6.07 Å². The Morgan fingerprint density at radius 1 is 1.47 bits per heavy atom. The quantitative estimate of drug-likeness (QED) is 0.634. The van der Waals surface area contributed by atoms with Gasteiger partial charge in [0.05, 0.1) is 12.1 Å². The number of phenolic OH excluding ortho intramolecular Hbond substituents is 1. The highest BCUT2D eigenvalue weighted by molar-refractivity contribution is 7.90. The van der Waals surface area contributed by atoms with E-state index >= 15 is 0 Å². The third kappa shape index (κ3) is 3.15. The summed E-state index contributed by atoms with van der Waals surface area (Å²) in [4.78, 5) is -0.546. The Morgan fingerprint density at radius 2 is 2.06 bits per heavy atom. The summed E-state index contributed by atoms with van der Waals surface area (Å²) in [6.45, 7) is 0. The summed E-state index contributed by atoms with van der Waals surface area (Å²) in [7, 11) is -3.08. The highest BCUT2D eigenvalue weighted by Gasteiger charge is 2.21. The van der Waals surface area contributed by atoms with E-state index in [0.717, 1.165) is 13.2 Å². The second kappa shape index (κ2) is 4.99. The number of amidine groups is 1. The maximum Gasteiger partial charge on any atom is 0.297 e. The zero-order valence-electron chi connectivity index (χ0n) is 8.52. The lowest BCUT2D eigenvalue weighted by Gasteiger charge is -2.05. The molecule has 0 unspecified atom stereocenters. The highest BCUT2D eigenvalue weighted by atomic mass is 35.5. The van der Waals surface area contributed by atoms with E-state index < -0.39 is 26.7 Å². The maximum absolute atomic E-state index is 11.7. The zero-order chi connectivity index (χ0) is 13.2. The molecule has 1 rings (SSSR count). The van der Waals surface area contributed by atoms with Crippen LogP contribution < -0.4 is 5.73 Å². The molecule has 0 atom stereocenters. The Balaban J connectivity index is 3.44. The van der Waals surface area contributed by atoms with Crippen LogP contribution in [0.25, 0.3) is 0 Å². The predicted octanol–water partition coefficient (Wildman–Crippen LogP) is 1.35. The van der Waals surface area contributed by atoms with Gasteiger partial charge in [-0.2, -0.15) is 8.42 Å². The molecule has 9 heteroatoms. The second-order valence-corrected chi connectivity index (χ2v) is 5.26. The molecule has 0 fully saturated rings. The van der Waals surface area contributed by atoms with Crippen LogP contribution in [0.5, 0.6) is 5.75 Å². The molecule has 0 aliphatic carbocycles. The number of nitrogens with zero attached hydrogens (tertiary/aromatic N) is 1. The van der Waals surface area contributed by atoms with Gasteiger partial charge in [0.15, 0.2) is 5.75 Å². The van der Waals surface area contributed by atoms with Crippen molar-refractivity contribution in [2.45, 2.75) is 4.90 Å². The third-order valence-electron chi connectivity index (χ3n) is 1.69. The molecule has 0 aliphatic rings. The van der Waals surface area contributed by atoms with Crippen molar-refractivity contribution in [2.75, 3.05) is 7.11 Å². The molecule has 3 N–H and O–H groups in total. The topological polar surface area (TPSA) is 102 Å². The third-order valence-corrected chi connectivity index (χ3v) is 3.48. The van der Waals surface area contributed by atoms with Gasteiger partial charge in [-0.25, -0.2) is 0 Å². The lowest BCUT2D eigenvalue weighted by atomic mass is 10.3. The molecule has 0 aliphatic heterocycles. The van der Waals surface area contributed by atoms with E-state index in [2.05, 4.69) is 9.13 Å². The van der Waals surface area contributed by atoms with Crippen molar-refractivity contribution in [3.05, 3.63) is 22.2 Å². The average Bonchev–Trinajstić information content (AvgIpc) is 2.22. The number of ether oxygens (including phenoxy) is 1. The van der Waals surface area contributed by atoms with Crippen LogP contribution in [0.15, 0.2) is 21.4 Å². The lowest BCUT2D eigenvalue weighted by molar-refractivity contribution is 0.397. The van der Waals surface area contributed by atoms with Gasteiger partial charge in [-0.05, 0) is 12.1 Å². The molecule has 0 spiro atoms. The van der Waals surface area contributed by atoms with Crippen LogP contribution in [0.1, 0.15) is 0 Å². The molecule has 0 aromatic heterocycles. The van der Waals surface area contributed by atoms with Gasteiger partial charge in [0.25, 0.3) is 16.0 Å². The maximum atomic E-state index is 11.7. The lowest BCUT2D eigenvalue weighted by Crippen LogP contribution is -2.16. The largest absolute Gasteiger partial charge is 0.505 e. The van der Waals surface area contributed by atoms with Crippen LogP contribution in [0.4, 0.5) is 0 Å². The molecule has 6 nitrogen and oxygen atoms in total. The second-order valence-electron chi connectivity index (χ2n) is 2.84. The van der Waals surface area contributed by atoms with E-state index in [1.807, 2.05) is 0 Å². The summed E-state index contributed by atoms with van der Waals surface area (Å²) < 4.78 is 30.9. The molecule has 0 amide bonds. The molecule has 0 saturated heterocycles. The van der Waals surface area contributed by atoms with E-state index in [-0.39, 0.29) is 10.0 Å². The number of hydrogen-bond acceptors (Lipinski definition) is 4. The normalized spacial score (nSPS) is 12.5. The summed E-state index contributed by atoms with van der Waals surface area (Å²) >= 11 is 11.2. The van der Waals surface area contributed by atoms with Crippen LogP contribution in [0.3, 0.4) is 0 Å². The summed E-state index contributed by atoms with van der Waals surface area (Å²) in [6, 6.07) is 1.63. The predicted molar refractivity (Wildman–Crippen MR) is 63.9 cm³/mol. The first-order valence-corrected chi connectivity index (χ1v) is 6.30. The number of aromatic hydroxyl groups is 1. The molecule has 0 bridgehead atoms. The summed E-state index contributed by atoms with van der Waals surface area (Å²) in [5.41, 5.74) is 5.12. The Kier molecular flexibility index (Phi) is 4.07. The first kappa shape index (κ1) is 13.9. The van der Waals surface area contributed by atoms with Crippen molar-refractivity contribution in [3.63, 3.8) is 0 Å². The van der Waals surface area contributed by atoms with Gasteiger partial charge in [-0.1, -0.05) is 23.2 Å². The van der Waals surface area contributed by atoms with Gasteiger partial charge in [-0.15, -0.1) is 4.40 Å². The summed E-state index contributed by atoms with van der Waals surface area (Å²) in [5.74, 6) is -0.649. The number of benzene rings is 1. The van der Waals surface area contributed by atoms with E-state index in [4.69, 9.17) is 28.9 Å². The molecule has 1 aromatic rings. The smallest absolute Gasteiger partial charge is 0.297 e. The minimum absolute atomic E-state index is 0.0394. The average molecular weight is 299 g/mol. The van der Waals surface area contributed by atoms with Crippen LogP contribution in [0, 0.1) is 0 Å². The minimum Gasteiger partial charge on any atom is -0.505 e. The highest BCUT2D eigenvalue weighted by Crippen LogP contribution is 2.34. The summed E-state index contributed by atoms with van der Waals surface area (Å²) in [6.07, 6.45) is 0. The van der Waals surface area contributed by atoms with Crippen molar-refractivity contribution in [2.24, 2.45) is 10.1 Å². The zero-order valence-corrected chi connectivity index (χ0v) is 10.8. The van der Waals surface area contributed by atoms with Crippen molar-refractivity contribution >= 4 is 39.2 Å². The number of halogens is 2. The van der Waals surface area contributed by atoms with Gasteiger partial charge in [0, 0.05) is 5.02 Å². The molecule has 0 radical (unpaired) electrons. The minimum atomic E-state index is -4.23. The fourth-order valence-electron chi connectivity index (χ4n) is 0.944. The number of sulfonamides is 1. The number of hydrogen-bond donors (Lipinski definition) is 2. The molecule has 0 heterocycles. The molecule has 0 saturated carbocycles. The van der Waals surface area contributed by atoms with Gasteiger partial charge in [0.1, 0.15) is 4.90 Å². The SMILES string of the molecule is COC(N)=NS(=O)(=O)c1cc(Cl)cc(Cl)c1O. The number of phenols is 1.